The maximum atomic E-state index is 12.5. The molecule has 8 heteroatoms. The number of hydrogen-bond donors (Lipinski definition) is 2. The highest BCUT2D eigenvalue weighted by Crippen LogP contribution is 2.12. The molecule has 1 atom stereocenters. The number of para-hydroxylation sites is 2. The van der Waals surface area contributed by atoms with E-state index in [1.54, 1.807) is 16.7 Å². The van der Waals surface area contributed by atoms with Crippen LogP contribution < -0.4 is 11.0 Å². The van der Waals surface area contributed by atoms with E-state index in [-0.39, 0.29) is 25.3 Å². The van der Waals surface area contributed by atoms with Gasteiger partial charge in [0.25, 0.3) is 0 Å². The molecule has 1 aromatic heterocycles. The Morgan fingerprint density at radius 3 is 2.42 bits per heavy atom. The fourth-order valence-electron chi connectivity index (χ4n) is 2.61. The summed E-state index contributed by atoms with van der Waals surface area (Å²) in [5, 5.41) is 11.6. The quantitative estimate of drug-likeness (QED) is 0.728. The molecule has 0 aliphatic rings. The molecule has 0 bridgehead atoms. The van der Waals surface area contributed by atoms with Gasteiger partial charge in [-0.2, -0.15) is 0 Å². The zero-order valence-electron chi connectivity index (χ0n) is 13.7. The molecule has 1 aromatic carbocycles. The number of fused-ring (bicyclic) bond motifs is 1. The Hall–Kier alpha value is -2.61. The van der Waals surface area contributed by atoms with Gasteiger partial charge in [0.1, 0.15) is 12.6 Å². The van der Waals surface area contributed by atoms with Gasteiger partial charge in [-0.25, -0.2) is 9.59 Å². The molecule has 0 radical (unpaired) electrons. The van der Waals surface area contributed by atoms with E-state index in [1.807, 2.05) is 19.1 Å². The Morgan fingerprint density at radius 1 is 1.25 bits per heavy atom. The third-order valence-electron chi connectivity index (χ3n) is 3.79. The molecule has 24 heavy (non-hydrogen) atoms. The van der Waals surface area contributed by atoms with Crippen molar-refractivity contribution in [3.05, 3.63) is 34.7 Å². The summed E-state index contributed by atoms with van der Waals surface area (Å²) >= 11 is 0. The molecular weight excluding hydrogens is 314 g/mol. The van der Waals surface area contributed by atoms with Gasteiger partial charge in [0, 0.05) is 26.7 Å². The summed E-state index contributed by atoms with van der Waals surface area (Å²) in [4.78, 5) is 35.8. The summed E-state index contributed by atoms with van der Waals surface area (Å²) in [5.74, 6) is -1.66. The second kappa shape index (κ2) is 7.78. The van der Waals surface area contributed by atoms with E-state index in [2.05, 4.69) is 5.32 Å². The number of imidazole rings is 1. The first-order valence-electron chi connectivity index (χ1n) is 7.68. The minimum absolute atomic E-state index is 0.156. The summed E-state index contributed by atoms with van der Waals surface area (Å²) in [7, 11) is 1.46. The number of benzene rings is 1. The first-order chi connectivity index (χ1) is 11.5. The van der Waals surface area contributed by atoms with Crippen LogP contribution in [0.4, 0.5) is 0 Å². The molecule has 2 aromatic rings. The van der Waals surface area contributed by atoms with E-state index in [0.717, 1.165) is 5.52 Å². The third kappa shape index (κ3) is 3.65. The molecule has 0 aliphatic carbocycles. The summed E-state index contributed by atoms with van der Waals surface area (Å²) in [6, 6.07) is 6.13. The Labute approximate surface area is 138 Å². The average molecular weight is 335 g/mol. The lowest BCUT2D eigenvalue weighted by molar-refractivity contribution is -0.142. The van der Waals surface area contributed by atoms with Gasteiger partial charge < -0.3 is 15.2 Å². The molecule has 1 unspecified atom stereocenters. The molecule has 1 heterocycles. The molecule has 1 amide bonds. The molecule has 8 nitrogen and oxygen atoms in total. The van der Waals surface area contributed by atoms with Gasteiger partial charge in [0.2, 0.25) is 5.91 Å². The molecular formula is C16H21N3O5. The SMILES string of the molecule is CCn1c(=O)n(CC(=O)NC(CCOC)C(=O)O)c2ccccc21. The van der Waals surface area contributed by atoms with E-state index < -0.39 is 17.9 Å². The first kappa shape index (κ1) is 17.7. The van der Waals surface area contributed by atoms with Crippen LogP contribution in [0.3, 0.4) is 0 Å². The van der Waals surface area contributed by atoms with Crippen LogP contribution in [-0.2, 0) is 27.4 Å². The fraction of sp³-hybridized carbons (Fsp3) is 0.438. The number of ether oxygens (including phenoxy) is 1. The molecule has 0 aliphatic heterocycles. The minimum Gasteiger partial charge on any atom is -0.480 e. The smallest absolute Gasteiger partial charge is 0.329 e. The number of nitrogens with one attached hydrogen (secondary N) is 1. The van der Waals surface area contributed by atoms with Crippen molar-refractivity contribution in [3.8, 4) is 0 Å². The van der Waals surface area contributed by atoms with Crippen molar-refractivity contribution >= 4 is 22.9 Å². The number of aromatic nitrogens is 2. The van der Waals surface area contributed by atoms with Crippen molar-refractivity contribution in [1.29, 1.82) is 0 Å². The van der Waals surface area contributed by atoms with E-state index in [1.165, 1.54) is 11.7 Å². The summed E-state index contributed by atoms with van der Waals surface area (Å²) < 4.78 is 7.77. The zero-order valence-corrected chi connectivity index (χ0v) is 13.7. The van der Waals surface area contributed by atoms with Crippen LogP contribution in [0.15, 0.2) is 29.1 Å². The molecule has 0 saturated carbocycles. The van der Waals surface area contributed by atoms with Crippen molar-refractivity contribution in [1.82, 2.24) is 14.5 Å². The Kier molecular flexibility index (Phi) is 5.75. The van der Waals surface area contributed by atoms with Crippen LogP contribution >= 0.6 is 0 Å². The van der Waals surface area contributed by atoms with Crippen molar-refractivity contribution in [2.24, 2.45) is 0 Å². The standard InChI is InChI=1S/C16H21N3O5/c1-3-18-12-6-4-5-7-13(12)19(16(18)23)10-14(20)17-11(15(21)22)8-9-24-2/h4-7,11H,3,8-10H2,1-2H3,(H,17,20)(H,21,22). The lowest BCUT2D eigenvalue weighted by atomic mass is 10.2. The number of carbonyl (C=O) groups is 2. The van der Waals surface area contributed by atoms with E-state index in [9.17, 15) is 14.4 Å². The number of aliphatic carboxylic acids is 1. The lowest BCUT2D eigenvalue weighted by Crippen LogP contribution is -2.44. The maximum Gasteiger partial charge on any atom is 0.329 e. The second-order valence-electron chi connectivity index (χ2n) is 5.34. The number of methoxy groups -OCH3 is 1. The van der Waals surface area contributed by atoms with Crippen molar-refractivity contribution < 1.29 is 19.4 Å². The number of rotatable bonds is 8. The highest BCUT2D eigenvalue weighted by Gasteiger charge is 2.21. The monoisotopic (exact) mass is 335 g/mol. The fourth-order valence-corrected chi connectivity index (χ4v) is 2.61. The Bertz CT molecular complexity index is 793. The van der Waals surface area contributed by atoms with Gasteiger partial charge in [-0.05, 0) is 19.1 Å². The van der Waals surface area contributed by atoms with Crippen molar-refractivity contribution in [2.45, 2.75) is 32.5 Å². The van der Waals surface area contributed by atoms with Gasteiger partial charge in [-0.15, -0.1) is 0 Å². The molecule has 0 fully saturated rings. The van der Waals surface area contributed by atoms with Crippen LogP contribution in [0, 0.1) is 0 Å². The highest BCUT2D eigenvalue weighted by molar-refractivity contribution is 5.85. The van der Waals surface area contributed by atoms with Crippen LogP contribution in [0.1, 0.15) is 13.3 Å². The first-order valence-corrected chi connectivity index (χ1v) is 7.68. The molecule has 130 valence electrons. The number of carboxylic acids is 1. The average Bonchev–Trinajstić information content (AvgIpc) is 2.83. The van der Waals surface area contributed by atoms with Gasteiger partial charge in [-0.3, -0.25) is 13.9 Å². The van der Waals surface area contributed by atoms with Gasteiger partial charge in [0.05, 0.1) is 11.0 Å². The van der Waals surface area contributed by atoms with E-state index in [0.29, 0.717) is 12.1 Å². The van der Waals surface area contributed by atoms with E-state index in [4.69, 9.17) is 9.84 Å². The summed E-state index contributed by atoms with van der Waals surface area (Å²) in [6.45, 7) is 2.32. The van der Waals surface area contributed by atoms with Crippen LogP contribution in [0.2, 0.25) is 0 Å². The summed E-state index contributed by atoms with van der Waals surface area (Å²) in [6.07, 6.45) is 0.156. The zero-order chi connectivity index (χ0) is 17.7. The van der Waals surface area contributed by atoms with Crippen molar-refractivity contribution in [2.75, 3.05) is 13.7 Å². The molecule has 2 rings (SSSR count). The maximum absolute atomic E-state index is 12.5. The lowest BCUT2D eigenvalue weighted by Gasteiger charge is -2.14. The molecule has 0 saturated heterocycles. The molecule has 0 spiro atoms. The number of carbonyl (C=O) groups excluding carboxylic acids is 1. The predicted octanol–water partition coefficient (Wildman–Crippen LogP) is 0.429. The third-order valence-corrected chi connectivity index (χ3v) is 3.79. The number of nitrogens with zero attached hydrogens (tertiary/aromatic N) is 2. The van der Waals surface area contributed by atoms with Gasteiger partial charge in [0.15, 0.2) is 0 Å². The number of carboxylic acid groups (broad SMARTS) is 1. The van der Waals surface area contributed by atoms with Crippen molar-refractivity contribution in [3.63, 3.8) is 0 Å². The number of amides is 1. The normalized spacial score (nSPS) is 12.2. The Balaban J connectivity index is 2.23. The van der Waals surface area contributed by atoms with Gasteiger partial charge >= 0.3 is 11.7 Å². The minimum atomic E-state index is -1.14. The Morgan fingerprint density at radius 2 is 1.88 bits per heavy atom. The number of aryl methyl sites for hydroxylation is 1. The van der Waals surface area contributed by atoms with Crippen LogP contribution in [0.5, 0.6) is 0 Å². The topological polar surface area (TPSA) is 103 Å². The second-order valence-corrected chi connectivity index (χ2v) is 5.34. The largest absolute Gasteiger partial charge is 0.480 e. The van der Waals surface area contributed by atoms with E-state index >= 15 is 0 Å². The van der Waals surface area contributed by atoms with Crippen LogP contribution in [-0.4, -0.2) is 45.9 Å². The molecule has 2 N–H and O–H groups in total. The van der Waals surface area contributed by atoms with Crippen LogP contribution in [0.25, 0.3) is 11.0 Å². The highest BCUT2D eigenvalue weighted by atomic mass is 16.5. The predicted molar refractivity (Wildman–Crippen MR) is 87.9 cm³/mol. The number of hydrogen-bond acceptors (Lipinski definition) is 4. The van der Waals surface area contributed by atoms with Gasteiger partial charge in [-0.1, -0.05) is 12.1 Å². The summed E-state index contributed by atoms with van der Waals surface area (Å²) in [5.41, 5.74) is 1.09.